The molecule has 1 aliphatic heterocycles. The van der Waals surface area contributed by atoms with Gasteiger partial charge in [-0.15, -0.1) is 0 Å². The lowest BCUT2D eigenvalue weighted by Crippen LogP contribution is -2.38. The molecule has 0 bridgehead atoms. The Hall–Kier alpha value is -0.980. The van der Waals surface area contributed by atoms with Crippen LogP contribution in [-0.4, -0.2) is 56.3 Å². The maximum absolute atomic E-state index is 12.4. The SMILES string of the molecule is CCNC(=NCC1CCN(CC(F)(F)F)C1)NCCCC1CCCC1. The Morgan fingerprint density at radius 2 is 1.88 bits per heavy atom. The molecule has 146 valence electrons. The Morgan fingerprint density at radius 1 is 1.12 bits per heavy atom. The van der Waals surface area contributed by atoms with Gasteiger partial charge >= 0.3 is 6.18 Å². The van der Waals surface area contributed by atoms with Gasteiger partial charge in [-0.25, -0.2) is 0 Å². The molecule has 1 atom stereocenters. The topological polar surface area (TPSA) is 39.7 Å². The monoisotopic (exact) mass is 362 g/mol. The average molecular weight is 362 g/mol. The van der Waals surface area contributed by atoms with E-state index in [-0.39, 0.29) is 5.92 Å². The van der Waals surface area contributed by atoms with Crippen molar-refractivity contribution in [2.24, 2.45) is 16.8 Å². The van der Waals surface area contributed by atoms with Gasteiger partial charge in [0.2, 0.25) is 0 Å². The zero-order valence-electron chi connectivity index (χ0n) is 15.4. The quantitative estimate of drug-likeness (QED) is 0.395. The number of rotatable bonds is 8. The van der Waals surface area contributed by atoms with Crippen molar-refractivity contribution in [1.82, 2.24) is 15.5 Å². The highest BCUT2D eigenvalue weighted by Crippen LogP contribution is 2.28. The number of halogens is 3. The molecule has 0 aromatic rings. The summed E-state index contributed by atoms with van der Waals surface area (Å²) in [6, 6.07) is 0. The molecule has 2 fully saturated rings. The Bertz CT molecular complexity index is 406. The van der Waals surface area contributed by atoms with Crippen molar-refractivity contribution in [3.8, 4) is 0 Å². The predicted molar refractivity (Wildman–Crippen MR) is 95.8 cm³/mol. The van der Waals surface area contributed by atoms with Crippen LogP contribution in [0.4, 0.5) is 13.2 Å². The minimum absolute atomic E-state index is 0.219. The van der Waals surface area contributed by atoms with E-state index in [0.29, 0.717) is 19.6 Å². The third-order valence-electron chi connectivity index (χ3n) is 5.18. The van der Waals surface area contributed by atoms with E-state index in [9.17, 15) is 13.2 Å². The molecule has 1 unspecified atom stereocenters. The molecule has 1 saturated carbocycles. The normalized spacial score (nSPS) is 23.4. The predicted octanol–water partition coefficient (Wildman–Crippen LogP) is 3.40. The second kappa shape index (κ2) is 10.2. The number of hydrogen-bond acceptors (Lipinski definition) is 2. The van der Waals surface area contributed by atoms with E-state index in [1.165, 1.54) is 37.0 Å². The number of aliphatic imine (C=N–C) groups is 1. The lowest BCUT2D eigenvalue weighted by atomic mass is 10.0. The van der Waals surface area contributed by atoms with Crippen molar-refractivity contribution in [3.63, 3.8) is 0 Å². The van der Waals surface area contributed by atoms with E-state index in [4.69, 9.17) is 0 Å². The van der Waals surface area contributed by atoms with Crippen LogP contribution in [-0.2, 0) is 0 Å². The molecular formula is C18H33F3N4. The molecule has 4 nitrogen and oxygen atoms in total. The summed E-state index contributed by atoms with van der Waals surface area (Å²) in [4.78, 5) is 6.07. The summed E-state index contributed by atoms with van der Waals surface area (Å²) in [5.74, 6) is 1.92. The van der Waals surface area contributed by atoms with E-state index >= 15 is 0 Å². The van der Waals surface area contributed by atoms with Crippen molar-refractivity contribution in [2.45, 2.75) is 58.0 Å². The molecule has 1 saturated heterocycles. The summed E-state index contributed by atoms with van der Waals surface area (Å²) in [7, 11) is 0. The van der Waals surface area contributed by atoms with Crippen molar-refractivity contribution in [2.75, 3.05) is 39.3 Å². The summed E-state index contributed by atoms with van der Waals surface area (Å²) in [6.07, 6.45) is 4.65. The lowest BCUT2D eigenvalue weighted by molar-refractivity contribution is -0.143. The number of nitrogens with one attached hydrogen (secondary N) is 2. The highest BCUT2D eigenvalue weighted by atomic mass is 19.4. The van der Waals surface area contributed by atoms with Gasteiger partial charge in [-0.05, 0) is 44.6 Å². The summed E-state index contributed by atoms with van der Waals surface area (Å²) >= 11 is 0. The van der Waals surface area contributed by atoms with E-state index in [2.05, 4.69) is 15.6 Å². The van der Waals surface area contributed by atoms with Crippen molar-refractivity contribution < 1.29 is 13.2 Å². The van der Waals surface area contributed by atoms with Gasteiger partial charge in [-0.2, -0.15) is 13.2 Å². The van der Waals surface area contributed by atoms with Gasteiger partial charge in [0.15, 0.2) is 5.96 Å². The van der Waals surface area contributed by atoms with E-state index < -0.39 is 12.7 Å². The van der Waals surface area contributed by atoms with Crippen LogP contribution in [0.25, 0.3) is 0 Å². The zero-order chi connectivity index (χ0) is 18.1. The van der Waals surface area contributed by atoms with Crippen LogP contribution < -0.4 is 10.6 Å². The smallest absolute Gasteiger partial charge is 0.357 e. The number of likely N-dealkylation sites (tertiary alicyclic amines) is 1. The molecular weight excluding hydrogens is 329 g/mol. The van der Waals surface area contributed by atoms with Crippen molar-refractivity contribution in [1.29, 1.82) is 0 Å². The van der Waals surface area contributed by atoms with Crippen LogP contribution >= 0.6 is 0 Å². The first-order valence-electron chi connectivity index (χ1n) is 9.77. The van der Waals surface area contributed by atoms with E-state index in [0.717, 1.165) is 37.8 Å². The molecule has 0 aromatic carbocycles. The third-order valence-corrected chi connectivity index (χ3v) is 5.18. The Kier molecular flexibility index (Phi) is 8.33. The average Bonchev–Trinajstić information content (AvgIpc) is 3.19. The summed E-state index contributed by atoms with van der Waals surface area (Å²) in [5.41, 5.74) is 0. The maximum atomic E-state index is 12.4. The minimum Gasteiger partial charge on any atom is -0.357 e. The van der Waals surface area contributed by atoms with Crippen molar-refractivity contribution >= 4 is 5.96 Å². The second-order valence-electron chi connectivity index (χ2n) is 7.44. The van der Waals surface area contributed by atoms with Gasteiger partial charge in [0.25, 0.3) is 0 Å². The Balaban J connectivity index is 1.66. The zero-order valence-corrected chi connectivity index (χ0v) is 15.4. The summed E-state index contributed by atoms with van der Waals surface area (Å²) in [5, 5.41) is 6.59. The molecule has 2 rings (SSSR count). The Labute approximate surface area is 149 Å². The first-order valence-corrected chi connectivity index (χ1v) is 9.77. The van der Waals surface area contributed by atoms with Gasteiger partial charge in [-0.3, -0.25) is 9.89 Å². The van der Waals surface area contributed by atoms with Gasteiger partial charge in [-0.1, -0.05) is 25.7 Å². The van der Waals surface area contributed by atoms with Gasteiger partial charge in [0, 0.05) is 26.2 Å². The molecule has 0 amide bonds. The Morgan fingerprint density at radius 3 is 2.56 bits per heavy atom. The van der Waals surface area contributed by atoms with E-state index in [1.807, 2.05) is 6.92 Å². The highest BCUT2D eigenvalue weighted by Gasteiger charge is 2.34. The van der Waals surface area contributed by atoms with Crippen LogP contribution in [0.3, 0.4) is 0 Å². The van der Waals surface area contributed by atoms with Crippen LogP contribution in [0.2, 0.25) is 0 Å². The van der Waals surface area contributed by atoms with Gasteiger partial charge in [0.1, 0.15) is 0 Å². The fourth-order valence-corrected chi connectivity index (χ4v) is 3.92. The first kappa shape index (κ1) is 20.3. The third kappa shape index (κ3) is 8.29. The van der Waals surface area contributed by atoms with Crippen LogP contribution in [0.15, 0.2) is 4.99 Å². The number of hydrogen-bond donors (Lipinski definition) is 2. The maximum Gasteiger partial charge on any atom is 0.401 e. The first-order chi connectivity index (χ1) is 12.0. The fourth-order valence-electron chi connectivity index (χ4n) is 3.92. The minimum atomic E-state index is -4.10. The summed E-state index contributed by atoms with van der Waals surface area (Å²) in [6.45, 7) is 4.52. The molecule has 0 radical (unpaired) electrons. The standard InChI is InChI=1S/C18H33F3N4/c1-2-22-17(23-10-5-8-15-6-3-4-7-15)24-12-16-9-11-25(13-16)14-18(19,20)21/h15-16H,2-14H2,1H3,(H2,22,23,24). The second-order valence-corrected chi connectivity index (χ2v) is 7.44. The van der Waals surface area contributed by atoms with Crippen LogP contribution in [0, 0.1) is 11.8 Å². The summed E-state index contributed by atoms with van der Waals surface area (Å²) < 4.78 is 37.3. The van der Waals surface area contributed by atoms with Crippen molar-refractivity contribution in [3.05, 3.63) is 0 Å². The molecule has 2 aliphatic rings. The molecule has 25 heavy (non-hydrogen) atoms. The molecule has 0 aromatic heterocycles. The number of nitrogens with zero attached hydrogens (tertiary/aromatic N) is 2. The largest absolute Gasteiger partial charge is 0.401 e. The van der Waals surface area contributed by atoms with Crippen LogP contribution in [0.1, 0.15) is 51.9 Å². The lowest BCUT2D eigenvalue weighted by Gasteiger charge is -2.17. The van der Waals surface area contributed by atoms with Crippen LogP contribution in [0.5, 0.6) is 0 Å². The van der Waals surface area contributed by atoms with E-state index in [1.54, 1.807) is 0 Å². The van der Waals surface area contributed by atoms with Gasteiger partial charge < -0.3 is 10.6 Å². The molecule has 0 spiro atoms. The molecule has 1 aliphatic carbocycles. The molecule has 7 heteroatoms. The molecule has 2 N–H and O–H groups in total. The molecule has 1 heterocycles. The highest BCUT2D eigenvalue weighted by molar-refractivity contribution is 5.79. The number of alkyl halides is 3. The van der Waals surface area contributed by atoms with Gasteiger partial charge in [0.05, 0.1) is 6.54 Å². The fraction of sp³-hybridized carbons (Fsp3) is 0.944. The number of guanidine groups is 1.